The van der Waals surface area contributed by atoms with E-state index in [0.29, 0.717) is 40.0 Å². The van der Waals surface area contributed by atoms with Crippen LogP contribution in [-0.4, -0.2) is 77.6 Å². The summed E-state index contributed by atoms with van der Waals surface area (Å²) in [4.78, 5) is 18.4. The molecule has 0 aliphatic carbocycles. The number of hydrogen-bond acceptors (Lipinski definition) is 9. The number of nitrogens with one attached hydrogen (secondary N) is 1. The monoisotopic (exact) mass is 572 g/mol. The van der Waals surface area contributed by atoms with Crippen LogP contribution < -0.4 is 15.0 Å². The number of hydrogen-bond donors (Lipinski definition) is 2. The first-order valence-electron chi connectivity index (χ1n) is 13.3. The lowest BCUT2D eigenvalue weighted by Gasteiger charge is -2.32. The van der Waals surface area contributed by atoms with E-state index in [1.54, 1.807) is 25.6 Å². The average Bonchev–Trinajstić information content (AvgIpc) is 2.94. The highest BCUT2D eigenvalue weighted by atomic mass is 35.5. The molecule has 2 aromatic heterocycles. The summed E-state index contributed by atoms with van der Waals surface area (Å²) in [5, 5.41) is 14.3. The van der Waals surface area contributed by atoms with Crippen LogP contribution in [0.2, 0.25) is 10.0 Å². The highest BCUT2D eigenvalue weighted by Crippen LogP contribution is 2.31. The molecule has 0 bridgehead atoms. The van der Waals surface area contributed by atoms with Crippen LogP contribution in [0.1, 0.15) is 24.8 Å². The molecular formula is C28H34Cl2N6O3. The van der Waals surface area contributed by atoms with Gasteiger partial charge in [-0.3, -0.25) is 4.90 Å². The van der Waals surface area contributed by atoms with Crippen molar-refractivity contribution in [1.29, 1.82) is 0 Å². The van der Waals surface area contributed by atoms with E-state index in [0.717, 1.165) is 75.5 Å². The van der Waals surface area contributed by atoms with Gasteiger partial charge in [0, 0.05) is 67.9 Å². The van der Waals surface area contributed by atoms with Crippen molar-refractivity contribution in [2.45, 2.75) is 32.1 Å². The Kier molecular flexibility index (Phi) is 9.49. The number of nitrogens with zero attached hydrogens (tertiary/aromatic N) is 5. The average molecular weight is 574 g/mol. The van der Waals surface area contributed by atoms with Gasteiger partial charge in [-0.1, -0.05) is 23.2 Å². The Balaban J connectivity index is 1.34. The van der Waals surface area contributed by atoms with E-state index in [-0.39, 0.29) is 0 Å². The molecule has 3 aromatic rings. The maximum absolute atomic E-state index is 9.83. The molecule has 4 heterocycles. The van der Waals surface area contributed by atoms with Gasteiger partial charge in [0.15, 0.2) is 12.0 Å². The van der Waals surface area contributed by atoms with Gasteiger partial charge >= 0.3 is 0 Å². The standard InChI is InChI=1S/C28H34Cl2N6O3/c1-38-27(37)12-19-2-6-35(7-3-19)18-20-10-25(21-13-22(29)15-23(30)14-21)34-26(11-20)39-24-16-32-28(33-17-24)36-8-4-31-5-9-36/h10-11,13-17,19,27,31,37H,2-9,12,18H2,1H3. The molecule has 2 N–H and O–H groups in total. The molecule has 1 aromatic carbocycles. The number of piperidine rings is 1. The fraction of sp³-hybridized carbons (Fsp3) is 0.464. The van der Waals surface area contributed by atoms with Gasteiger partial charge in [0.05, 0.1) is 18.1 Å². The van der Waals surface area contributed by atoms with E-state index in [2.05, 4.69) is 31.2 Å². The molecule has 39 heavy (non-hydrogen) atoms. The summed E-state index contributed by atoms with van der Waals surface area (Å²) in [6, 6.07) is 9.42. The summed E-state index contributed by atoms with van der Waals surface area (Å²) >= 11 is 12.6. The van der Waals surface area contributed by atoms with Crippen molar-refractivity contribution in [1.82, 2.24) is 25.2 Å². The molecule has 1 atom stereocenters. The third-order valence-electron chi connectivity index (χ3n) is 7.18. The highest BCUT2D eigenvalue weighted by Gasteiger charge is 2.22. The number of likely N-dealkylation sites (tertiary alicyclic amines) is 1. The maximum atomic E-state index is 9.83. The van der Waals surface area contributed by atoms with Crippen molar-refractivity contribution in [2.75, 3.05) is 51.3 Å². The molecule has 2 fully saturated rings. The van der Waals surface area contributed by atoms with Crippen LogP contribution in [-0.2, 0) is 11.3 Å². The zero-order chi connectivity index (χ0) is 27.2. The van der Waals surface area contributed by atoms with Gasteiger partial charge in [-0.2, -0.15) is 0 Å². The third kappa shape index (κ3) is 7.78. The number of piperazine rings is 1. The van der Waals surface area contributed by atoms with Crippen molar-refractivity contribution in [3.05, 3.63) is 58.3 Å². The van der Waals surface area contributed by atoms with Crippen molar-refractivity contribution in [3.63, 3.8) is 0 Å². The minimum Gasteiger partial charge on any atom is -0.436 e. The predicted octanol–water partition coefficient (Wildman–Crippen LogP) is 4.61. The Bertz CT molecular complexity index is 1210. The quantitative estimate of drug-likeness (QED) is 0.356. The topological polar surface area (TPSA) is 95.9 Å². The van der Waals surface area contributed by atoms with Crippen LogP contribution in [0.15, 0.2) is 42.7 Å². The number of methoxy groups -OCH3 is 1. The second-order valence-electron chi connectivity index (χ2n) is 10.1. The summed E-state index contributed by atoms with van der Waals surface area (Å²) in [6.45, 7) is 6.22. The Hall–Kier alpha value is -2.53. The lowest BCUT2D eigenvalue weighted by molar-refractivity contribution is -0.0910. The first kappa shape index (κ1) is 28.0. The smallest absolute Gasteiger partial charge is 0.225 e. The number of aliphatic hydroxyl groups is 1. The summed E-state index contributed by atoms with van der Waals surface area (Å²) in [5.41, 5.74) is 2.61. The van der Waals surface area contributed by atoms with Crippen LogP contribution in [0.5, 0.6) is 11.6 Å². The summed E-state index contributed by atoms with van der Waals surface area (Å²) in [5.74, 6) is 2.13. The zero-order valence-electron chi connectivity index (χ0n) is 22.0. The molecule has 2 aliphatic rings. The van der Waals surface area contributed by atoms with E-state index in [1.165, 1.54) is 0 Å². The summed E-state index contributed by atoms with van der Waals surface area (Å²) in [7, 11) is 1.54. The first-order valence-corrected chi connectivity index (χ1v) is 14.1. The molecule has 0 saturated carbocycles. The molecule has 1 unspecified atom stereocenters. The molecular weight excluding hydrogens is 539 g/mol. The molecule has 0 spiro atoms. The molecule has 2 saturated heterocycles. The summed E-state index contributed by atoms with van der Waals surface area (Å²) in [6.07, 6.45) is 5.39. The third-order valence-corrected chi connectivity index (χ3v) is 7.61. The molecule has 11 heteroatoms. The van der Waals surface area contributed by atoms with E-state index < -0.39 is 6.29 Å². The number of pyridine rings is 1. The van der Waals surface area contributed by atoms with Gasteiger partial charge in [0.25, 0.3) is 0 Å². The lowest BCUT2D eigenvalue weighted by Crippen LogP contribution is -2.44. The van der Waals surface area contributed by atoms with Crippen LogP contribution in [0.4, 0.5) is 5.95 Å². The number of aliphatic hydroxyl groups excluding tert-OH is 1. The molecule has 208 valence electrons. The highest BCUT2D eigenvalue weighted by molar-refractivity contribution is 6.35. The van der Waals surface area contributed by atoms with Crippen LogP contribution in [0.25, 0.3) is 11.3 Å². The number of rotatable bonds is 9. The lowest BCUT2D eigenvalue weighted by atomic mass is 9.93. The number of aromatic nitrogens is 3. The molecule has 9 nitrogen and oxygen atoms in total. The van der Waals surface area contributed by atoms with Crippen molar-refractivity contribution < 1.29 is 14.6 Å². The number of benzene rings is 1. The van der Waals surface area contributed by atoms with Gasteiger partial charge in [-0.25, -0.2) is 15.0 Å². The van der Waals surface area contributed by atoms with E-state index in [4.69, 9.17) is 37.7 Å². The second kappa shape index (κ2) is 13.2. The zero-order valence-corrected chi connectivity index (χ0v) is 23.5. The summed E-state index contributed by atoms with van der Waals surface area (Å²) < 4.78 is 11.2. The van der Waals surface area contributed by atoms with Crippen LogP contribution in [0, 0.1) is 5.92 Å². The Morgan fingerprint density at radius 1 is 1.00 bits per heavy atom. The molecule has 5 rings (SSSR count). The van der Waals surface area contributed by atoms with E-state index in [9.17, 15) is 5.11 Å². The van der Waals surface area contributed by atoms with Crippen LogP contribution >= 0.6 is 23.2 Å². The minimum absolute atomic E-state index is 0.454. The second-order valence-corrected chi connectivity index (χ2v) is 10.9. The number of halogens is 2. The maximum Gasteiger partial charge on any atom is 0.225 e. The van der Waals surface area contributed by atoms with Gasteiger partial charge < -0.3 is 24.8 Å². The fourth-order valence-corrected chi connectivity index (χ4v) is 5.61. The predicted molar refractivity (Wildman–Crippen MR) is 153 cm³/mol. The van der Waals surface area contributed by atoms with Crippen molar-refractivity contribution in [3.8, 4) is 22.9 Å². The molecule has 2 aliphatic heterocycles. The normalized spacial score (nSPS) is 17.8. The number of anilines is 1. The minimum atomic E-state index is -0.691. The Morgan fingerprint density at radius 3 is 2.36 bits per heavy atom. The Labute approximate surface area is 239 Å². The van der Waals surface area contributed by atoms with Gasteiger partial charge in [0.2, 0.25) is 11.8 Å². The SMILES string of the molecule is COC(O)CC1CCN(Cc2cc(Oc3cnc(N4CCNCC4)nc3)nc(-c3cc(Cl)cc(Cl)c3)c2)CC1. The largest absolute Gasteiger partial charge is 0.436 e. The fourth-order valence-electron chi connectivity index (χ4n) is 5.08. The number of ether oxygens (including phenoxy) is 2. The Morgan fingerprint density at radius 2 is 1.69 bits per heavy atom. The van der Waals surface area contributed by atoms with E-state index >= 15 is 0 Å². The van der Waals surface area contributed by atoms with Crippen LogP contribution in [0.3, 0.4) is 0 Å². The van der Waals surface area contributed by atoms with Crippen molar-refractivity contribution in [2.24, 2.45) is 5.92 Å². The van der Waals surface area contributed by atoms with Gasteiger partial charge in [0.1, 0.15) is 0 Å². The molecule has 0 radical (unpaired) electrons. The van der Waals surface area contributed by atoms with E-state index in [1.807, 2.05) is 18.2 Å². The molecule has 0 amide bonds. The van der Waals surface area contributed by atoms with Gasteiger partial charge in [-0.05, 0) is 61.7 Å². The first-order chi connectivity index (χ1) is 18.9. The van der Waals surface area contributed by atoms with Crippen molar-refractivity contribution >= 4 is 29.2 Å². The van der Waals surface area contributed by atoms with Gasteiger partial charge in [-0.15, -0.1) is 0 Å².